The van der Waals surface area contributed by atoms with Gasteiger partial charge in [0.25, 0.3) is 0 Å². The molecule has 1 aromatic carbocycles. The minimum Gasteiger partial charge on any atom is -0.504 e. The molecule has 0 radical (unpaired) electrons. The standard InChI is InChI=1S/C14H14O6.H2O/c1-18-13-9(16)8-6-4-3-5-7(15)11(6)20-12(8)10(17)14(13)19-2;/h3-5,10,13-15,17H,1-2H3;1H2/t10-,13+,14+;/m0./s1. The molecule has 1 aliphatic carbocycles. The largest absolute Gasteiger partial charge is 0.504 e. The second kappa shape index (κ2) is 5.45. The minimum atomic E-state index is -1.13. The van der Waals surface area contributed by atoms with Gasteiger partial charge in [0.05, 0.1) is 5.56 Å². The number of fused-ring (bicyclic) bond motifs is 3. The van der Waals surface area contributed by atoms with Gasteiger partial charge in [-0.3, -0.25) is 4.79 Å². The van der Waals surface area contributed by atoms with Gasteiger partial charge < -0.3 is 29.6 Å². The molecule has 0 aliphatic heterocycles. The van der Waals surface area contributed by atoms with Crippen LogP contribution in [0.25, 0.3) is 11.0 Å². The van der Waals surface area contributed by atoms with Crippen molar-refractivity contribution in [1.29, 1.82) is 0 Å². The van der Waals surface area contributed by atoms with Crippen LogP contribution in [0.4, 0.5) is 0 Å². The van der Waals surface area contributed by atoms with Crippen LogP contribution in [0.2, 0.25) is 0 Å². The number of para-hydroxylation sites is 1. The number of ketones is 1. The third-order valence-corrected chi connectivity index (χ3v) is 3.63. The topological polar surface area (TPSA) is 121 Å². The molecule has 4 N–H and O–H groups in total. The van der Waals surface area contributed by atoms with Crippen molar-refractivity contribution < 1.29 is 34.4 Å². The van der Waals surface area contributed by atoms with Crippen molar-refractivity contribution in [3.05, 3.63) is 29.5 Å². The highest BCUT2D eigenvalue weighted by Gasteiger charge is 2.46. The number of Topliss-reactive ketones (excluding diaryl/α,β-unsaturated/α-hetero) is 1. The molecule has 7 heteroatoms. The number of phenols is 1. The number of hydrogen-bond donors (Lipinski definition) is 2. The lowest BCUT2D eigenvalue weighted by Gasteiger charge is -2.31. The van der Waals surface area contributed by atoms with E-state index in [4.69, 9.17) is 13.9 Å². The van der Waals surface area contributed by atoms with Gasteiger partial charge >= 0.3 is 0 Å². The number of ether oxygens (including phenoxy) is 2. The van der Waals surface area contributed by atoms with Crippen molar-refractivity contribution >= 4 is 16.8 Å². The van der Waals surface area contributed by atoms with E-state index < -0.39 is 18.3 Å². The van der Waals surface area contributed by atoms with Gasteiger partial charge in [-0.25, -0.2) is 0 Å². The summed E-state index contributed by atoms with van der Waals surface area (Å²) >= 11 is 0. The number of aromatic hydroxyl groups is 1. The first-order valence-corrected chi connectivity index (χ1v) is 6.12. The Balaban J connectivity index is 0.00000161. The highest BCUT2D eigenvalue weighted by Crippen LogP contribution is 2.41. The third-order valence-electron chi connectivity index (χ3n) is 3.63. The molecule has 3 atom stereocenters. The smallest absolute Gasteiger partial charge is 0.198 e. The second-order valence-electron chi connectivity index (χ2n) is 4.66. The molecular formula is C14H16O7. The summed E-state index contributed by atoms with van der Waals surface area (Å²) in [7, 11) is 2.77. The molecule has 21 heavy (non-hydrogen) atoms. The van der Waals surface area contributed by atoms with Gasteiger partial charge in [0.1, 0.15) is 24.1 Å². The maximum Gasteiger partial charge on any atom is 0.198 e. The fourth-order valence-corrected chi connectivity index (χ4v) is 2.68. The predicted molar refractivity (Wildman–Crippen MR) is 72.4 cm³/mol. The number of aliphatic hydroxyl groups excluding tert-OH is 1. The lowest BCUT2D eigenvalue weighted by Crippen LogP contribution is -2.45. The van der Waals surface area contributed by atoms with Crippen LogP contribution in [0, 0.1) is 0 Å². The van der Waals surface area contributed by atoms with E-state index in [1.54, 1.807) is 12.1 Å². The Labute approximate surface area is 120 Å². The summed E-state index contributed by atoms with van der Waals surface area (Å²) < 4.78 is 15.8. The van der Waals surface area contributed by atoms with E-state index >= 15 is 0 Å². The van der Waals surface area contributed by atoms with Crippen LogP contribution in [0.3, 0.4) is 0 Å². The van der Waals surface area contributed by atoms with Crippen LogP contribution in [-0.4, -0.2) is 47.9 Å². The number of hydrogen-bond acceptors (Lipinski definition) is 6. The van der Waals surface area contributed by atoms with Crippen LogP contribution < -0.4 is 0 Å². The molecule has 0 amide bonds. The van der Waals surface area contributed by atoms with E-state index in [1.807, 2.05) is 0 Å². The lowest BCUT2D eigenvalue weighted by atomic mass is 9.88. The molecule has 0 spiro atoms. The number of phenolic OH excluding ortho intramolecular Hbond substituents is 1. The van der Waals surface area contributed by atoms with Gasteiger partial charge in [-0.15, -0.1) is 0 Å². The van der Waals surface area contributed by atoms with E-state index in [2.05, 4.69) is 0 Å². The van der Waals surface area contributed by atoms with Crippen molar-refractivity contribution in [3.63, 3.8) is 0 Å². The molecular weight excluding hydrogens is 280 g/mol. The monoisotopic (exact) mass is 296 g/mol. The number of carbonyl (C=O) groups is 1. The number of rotatable bonds is 2. The Morgan fingerprint density at radius 1 is 1.24 bits per heavy atom. The van der Waals surface area contributed by atoms with Gasteiger partial charge in [0.2, 0.25) is 0 Å². The number of furan rings is 1. The summed E-state index contributed by atoms with van der Waals surface area (Å²) in [5.74, 6) is -0.310. The van der Waals surface area contributed by atoms with E-state index in [0.717, 1.165) is 0 Å². The van der Waals surface area contributed by atoms with E-state index in [9.17, 15) is 15.0 Å². The first kappa shape index (κ1) is 15.5. The number of methoxy groups -OCH3 is 2. The van der Waals surface area contributed by atoms with Gasteiger partial charge in [0.15, 0.2) is 17.1 Å². The molecule has 0 unspecified atom stereocenters. The Hall–Kier alpha value is -1.93. The predicted octanol–water partition coefficient (Wildman–Crippen LogP) is 0.573. The Kier molecular flexibility index (Phi) is 4.02. The molecule has 0 saturated carbocycles. The number of carbonyl (C=O) groups excluding carboxylic acids is 1. The molecule has 0 bridgehead atoms. The fourth-order valence-electron chi connectivity index (χ4n) is 2.68. The quantitative estimate of drug-likeness (QED) is 0.836. The molecule has 0 fully saturated rings. The van der Waals surface area contributed by atoms with Crippen molar-refractivity contribution in [3.8, 4) is 5.75 Å². The summed E-state index contributed by atoms with van der Waals surface area (Å²) in [5, 5.41) is 20.5. The van der Waals surface area contributed by atoms with E-state index in [-0.39, 0.29) is 33.9 Å². The Morgan fingerprint density at radius 3 is 2.57 bits per heavy atom. The lowest BCUT2D eigenvalue weighted by molar-refractivity contribution is -0.0933. The maximum atomic E-state index is 12.5. The first-order valence-electron chi connectivity index (χ1n) is 6.12. The van der Waals surface area contributed by atoms with Crippen LogP contribution >= 0.6 is 0 Å². The van der Waals surface area contributed by atoms with Crippen LogP contribution in [0.15, 0.2) is 22.6 Å². The number of benzene rings is 1. The average molecular weight is 296 g/mol. The molecule has 0 saturated heterocycles. The third kappa shape index (κ3) is 2.02. The van der Waals surface area contributed by atoms with Crippen molar-refractivity contribution in [2.45, 2.75) is 18.3 Å². The molecule has 1 heterocycles. The number of aliphatic hydroxyl groups is 1. The van der Waals surface area contributed by atoms with Gasteiger partial charge in [-0.05, 0) is 6.07 Å². The maximum absolute atomic E-state index is 12.5. The zero-order valence-corrected chi connectivity index (χ0v) is 11.5. The van der Waals surface area contributed by atoms with Crippen molar-refractivity contribution in [1.82, 2.24) is 0 Å². The zero-order valence-electron chi connectivity index (χ0n) is 11.5. The fraction of sp³-hybridized carbons (Fsp3) is 0.357. The summed E-state index contributed by atoms with van der Waals surface area (Å²) in [4.78, 5) is 12.5. The van der Waals surface area contributed by atoms with E-state index in [0.29, 0.717) is 5.39 Å². The summed E-state index contributed by atoms with van der Waals surface area (Å²) in [6.45, 7) is 0. The molecule has 1 aliphatic rings. The zero-order chi connectivity index (χ0) is 14.4. The Morgan fingerprint density at radius 2 is 1.95 bits per heavy atom. The van der Waals surface area contributed by atoms with Crippen molar-refractivity contribution in [2.75, 3.05) is 14.2 Å². The van der Waals surface area contributed by atoms with Crippen LogP contribution in [0.5, 0.6) is 5.75 Å². The minimum absolute atomic E-state index is 0. The molecule has 114 valence electrons. The SMILES string of the molecule is CO[C@H]1[C@H](OC)C(=O)c2c(oc3c(O)cccc23)[C@@H]1O.O. The molecule has 3 rings (SSSR count). The summed E-state index contributed by atoms with van der Waals surface area (Å²) in [6.07, 6.45) is -2.89. The van der Waals surface area contributed by atoms with Crippen LogP contribution in [-0.2, 0) is 9.47 Å². The van der Waals surface area contributed by atoms with E-state index in [1.165, 1.54) is 20.3 Å². The molecule has 2 aromatic rings. The Bertz CT molecular complexity index is 675. The van der Waals surface area contributed by atoms with Gasteiger partial charge in [-0.2, -0.15) is 0 Å². The van der Waals surface area contributed by atoms with Crippen LogP contribution in [0.1, 0.15) is 22.2 Å². The van der Waals surface area contributed by atoms with Gasteiger partial charge in [0, 0.05) is 19.6 Å². The normalized spacial score (nSPS) is 24.7. The summed E-state index contributed by atoms with van der Waals surface area (Å²) in [5.41, 5.74) is 0.417. The molecule has 1 aromatic heterocycles. The average Bonchev–Trinajstić information content (AvgIpc) is 2.84. The van der Waals surface area contributed by atoms with Gasteiger partial charge in [-0.1, -0.05) is 12.1 Å². The summed E-state index contributed by atoms with van der Waals surface area (Å²) in [6, 6.07) is 4.72. The van der Waals surface area contributed by atoms with Crippen molar-refractivity contribution in [2.24, 2.45) is 0 Å². The highest BCUT2D eigenvalue weighted by atomic mass is 16.5. The first-order chi connectivity index (χ1) is 9.60. The highest BCUT2D eigenvalue weighted by molar-refractivity contribution is 6.12. The second-order valence-corrected chi connectivity index (χ2v) is 4.66. The molecule has 7 nitrogen and oxygen atoms in total.